The quantitative estimate of drug-likeness (QED) is 0.873. The molecule has 0 unspecified atom stereocenters. The van der Waals surface area contributed by atoms with E-state index in [1.807, 2.05) is 30.3 Å². The van der Waals surface area contributed by atoms with Gasteiger partial charge in [0.25, 0.3) is 0 Å². The molecule has 0 aliphatic heterocycles. The molecule has 1 heterocycles. The summed E-state index contributed by atoms with van der Waals surface area (Å²) in [5.41, 5.74) is 2.01. The maximum atomic E-state index is 5.26. The Morgan fingerprint density at radius 2 is 2.00 bits per heavy atom. The lowest BCUT2D eigenvalue weighted by Gasteiger charge is -2.09. The first-order chi connectivity index (χ1) is 9.76. The summed E-state index contributed by atoms with van der Waals surface area (Å²) >= 11 is 0. The average molecular weight is 271 g/mol. The van der Waals surface area contributed by atoms with Crippen molar-refractivity contribution in [2.75, 3.05) is 19.0 Å². The molecule has 1 aromatic carbocycles. The molecule has 0 amide bonds. The molecule has 4 nitrogen and oxygen atoms in total. The van der Waals surface area contributed by atoms with Crippen molar-refractivity contribution in [2.24, 2.45) is 0 Å². The van der Waals surface area contributed by atoms with Crippen LogP contribution in [0, 0.1) is 0 Å². The van der Waals surface area contributed by atoms with Crippen LogP contribution in [0.4, 0.5) is 5.82 Å². The van der Waals surface area contributed by atoms with Gasteiger partial charge in [-0.25, -0.2) is 9.97 Å². The van der Waals surface area contributed by atoms with Crippen molar-refractivity contribution >= 4 is 5.82 Å². The van der Waals surface area contributed by atoms with Crippen LogP contribution in [-0.4, -0.2) is 23.6 Å². The number of hydrogen-bond donors (Lipinski definition) is 1. The van der Waals surface area contributed by atoms with Crippen molar-refractivity contribution in [3.05, 3.63) is 36.0 Å². The molecule has 2 rings (SSSR count). The van der Waals surface area contributed by atoms with Crippen LogP contribution in [0.5, 0.6) is 5.75 Å². The fraction of sp³-hybridized carbons (Fsp3) is 0.375. The summed E-state index contributed by atoms with van der Waals surface area (Å²) in [5.74, 6) is 2.44. The Kier molecular flexibility index (Phi) is 4.93. The molecule has 0 saturated carbocycles. The Labute approximate surface area is 120 Å². The Hall–Kier alpha value is -2.10. The van der Waals surface area contributed by atoms with Gasteiger partial charge in [0.2, 0.25) is 0 Å². The summed E-state index contributed by atoms with van der Waals surface area (Å²) in [7, 11) is 1.66. The molecule has 1 N–H and O–H groups in total. The fourth-order valence-electron chi connectivity index (χ4n) is 1.91. The van der Waals surface area contributed by atoms with Gasteiger partial charge in [0.1, 0.15) is 11.6 Å². The standard InChI is InChI=1S/C16H21N3O/c1-4-9-17-15-11-13(5-2)18-16(19-15)12-7-6-8-14(10-12)20-3/h6-8,10-11H,4-5,9H2,1-3H3,(H,17,18,19). The predicted molar refractivity (Wildman–Crippen MR) is 82.2 cm³/mol. The lowest BCUT2D eigenvalue weighted by molar-refractivity contribution is 0.415. The molecule has 1 aromatic heterocycles. The molecule has 0 atom stereocenters. The first-order valence-corrected chi connectivity index (χ1v) is 7.03. The molecular weight excluding hydrogens is 250 g/mol. The number of aromatic nitrogens is 2. The number of nitrogens with zero attached hydrogens (tertiary/aromatic N) is 2. The molecule has 0 saturated heterocycles. The highest BCUT2D eigenvalue weighted by atomic mass is 16.5. The molecule has 0 spiro atoms. The number of nitrogens with one attached hydrogen (secondary N) is 1. The van der Waals surface area contributed by atoms with Crippen molar-refractivity contribution < 1.29 is 4.74 Å². The first kappa shape index (κ1) is 14.3. The molecule has 0 fully saturated rings. The van der Waals surface area contributed by atoms with Gasteiger partial charge >= 0.3 is 0 Å². The van der Waals surface area contributed by atoms with Crippen LogP contribution in [0.2, 0.25) is 0 Å². The van der Waals surface area contributed by atoms with Crippen LogP contribution in [0.15, 0.2) is 30.3 Å². The Balaban J connectivity index is 2.38. The molecule has 0 aliphatic carbocycles. The number of aryl methyl sites for hydroxylation is 1. The van der Waals surface area contributed by atoms with E-state index in [4.69, 9.17) is 4.74 Å². The van der Waals surface area contributed by atoms with E-state index >= 15 is 0 Å². The van der Waals surface area contributed by atoms with Crippen molar-refractivity contribution in [3.63, 3.8) is 0 Å². The van der Waals surface area contributed by atoms with E-state index in [0.29, 0.717) is 0 Å². The van der Waals surface area contributed by atoms with Crippen molar-refractivity contribution in [1.29, 1.82) is 0 Å². The lowest BCUT2D eigenvalue weighted by atomic mass is 10.2. The second-order valence-corrected chi connectivity index (χ2v) is 4.58. The van der Waals surface area contributed by atoms with Gasteiger partial charge in [0.05, 0.1) is 7.11 Å². The number of rotatable bonds is 6. The minimum atomic E-state index is 0.738. The van der Waals surface area contributed by atoms with Gasteiger partial charge in [-0.3, -0.25) is 0 Å². The zero-order valence-electron chi connectivity index (χ0n) is 12.3. The van der Waals surface area contributed by atoms with Gasteiger partial charge in [0.15, 0.2) is 5.82 Å². The molecule has 20 heavy (non-hydrogen) atoms. The zero-order chi connectivity index (χ0) is 14.4. The predicted octanol–water partition coefficient (Wildman–Crippen LogP) is 3.54. The summed E-state index contributed by atoms with van der Waals surface area (Å²) in [6, 6.07) is 9.84. The zero-order valence-corrected chi connectivity index (χ0v) is 12.3. The topological polar surface area (TPSA) is 47.0 Å². The third kappa shape index (κ3) is 3.47. The maximum Gasteiger partial charge on any atom is 0.161 e. The summed E-state index contributed by atoms with van der Waals surface area (Å²) in [5, 5.41) is 3.33. The van der Waals surface area contributed by atoms with Crippen molar-refractivity contribution in [2.45, 2.75) is 26.7 Å². The van der Waals surface area contributed by atoms with Gasteiger partial charge in [-0.15, -0.1) is 0 Å². The Morgan fingerprint density at radius 3 is 2.70 bits per heavy atom. The normalized spacial score (nSPS) is 10.3. The van der Waals surface area contributed by atoms with Gasteiger partial charge in [-0.1, -0.05) is 26.0 Å². The molecule has 2 aromatic rings. The van der Waals surface area contributed by atoms with E-state index in [1.54, 1.807) is 7.11 Å². The number of benzene rings is 1. The van der Waals surface area contributed by atoms with Crippen LogP contribution < -0.4 is 10.1 Å². The second kappa shape index (κ2) is 6.89. The third-order valence-electron chi connectivity index (χ3n) is 3.03. The number of hydrogen-bond acceptors (Lipinski definition) is 4. The SMILES string of the molecule is CCCNc1cc(CC)nc(-c2cccc(OC)c2)n1. The summed E-state index contributed by atoms with van der Waals surface area (Å²) < 4.78 is 5.26. The van der Waals surface area contributed by atoms with Crippen LogP contribution >= 0.6 is 0 Å². The Bertz CT molecular complexity index is 569. The van der Waals surface area contributed by atoms with Crippen LogP contribution in [0.25, 0.3) is 11.4 Å². The highest BCUT2D eigenvalue weighted by Crippen LogP contribution is 2.22. The maximum absolute atomic E-state index is 5.26. The summed E-state index contributed by atoms with van der Waals surface area (Å²) in [6.07, 6.45) is 1.96. The summed E-state index contributed by atoms with van der Waals surface area (Å²) in [4.78, 5) is 9.19. The largest absolute Gasteiger partial charge is 0.497 e. The van der Waals surface area contributed by atoms with Gasteiger partial charge < -0.3 is 10.1 Å². The molecule has 0 aliphatic rings. The first-order valence-electron chi connectivity index (χ1n) is 7.03. The molecule has 106 valence electrons. The van der Waals surface area contributed by atoms with Crippen molar-refractivity contribution in [1.82, 2.24) is 9.97 Å². The van der Waals surface area contributed by atoms with Crippen LogP contribution in [0.3, 0.4) is 0 Å². The van der Waals surface area contributed by atoms with Crippen molar-refractivity contribution in [3.8, 4) is 17.1 Å². The monoisotopic (exact) mass is 271 g/mol. The lowest BCUT2D eigenvalue weighted by Crippen LogP contribution is -2.05. The van der Waals surface area contributed by atoms with E-state index in [2.05, 4.69) is 29.1 Å². The minimum absolute atomic E-state index is 0.738. The molecule has 4 heteroatoms. The van der Waals surface area contributed by atoms with Gasteiger partial charge in [-0.05, 0) is 25.0 Å². The molecular formula is C16H21N3O. The fourth-order valence-corrected chi connectivity index (χ4v) is 1.91. The highest BCUT2D eigenvalue weighted by molar-refractivity contribution is 5.59. The second-order valence-electron chi connectivity index (χ2n) is 4.58. The smallest absolute Gasteiger partial charge is 0.161 e. The number of anilines is 1. The van der Waals surface area contributed by atoms with Crippen LogP contribution in [-0.2, 0) is 6.42 Å². The number of methoxy groups -OCH3 is 1. The highest BCUT2D eigenvalue weighted by Gasteiger charge is 2.07. The molecule has 0 radical (unpaired) electrons. The minimum Gasteiger partial charge on any atom is -0.497 e. The average Bonchev–Trinajstić information content (AvgIpc) is 2.52. The van der Waals surface area contributed by atoms with E-state index < -0.39 is 0 Å². The summed E-state index contributed by atoms with van der Waals surface area (Å²) in [6.45, 7) is 5.15. The van der Waals surface area contributed by atoms with Gasteiger partial charge in [-0.2, -0.15) is 0 Å². The van der Waals surface area contributed by atoms with E-state index in [-0.39, 0.29) is 0 Å². The van der Waals surface area contributed by atoms with E-state index in [0.717, 1.165) is 48.0 Å². The third-order valence-corrected chi connectivity index (χ3v) is 3.03. The van der Waals surface area contributed by atoms with E-state index in [9.17, 15) is 0 Å². The van der Waals surface area contributed by atoms with Gasteiger partial charge in [0, 0.05) is 23.9 Å². The molecule has 0 bridgehead atoms. The Morgan fingerprint density at radius 1 is 1.15 bits per heavy atom. The number of ether oxygens (including phenoxy) is 1. The van der Waals surface area contributed by atoms with E-state index in [1.165, 1.54) is 0 Å². The van der Waals surface area contributed by atoms with Crippen LogP contribution in [0.1, 0.15) is 26.0 Å².